The monoisotopic (exact) mass is 304 g/mol. The first kappa shape index (κ1) is 15.6. The van der Waals surface area contributed by atoms with Gasteiger partial charge in [0.2, 0.25) is 0 Å². The molecule has 2 heterocycles. The smallest absolute Gasteiger partial charge is 0.160 e. The molecule has 0 atom stereocenters. The predicted octanol–water partition coefficient (Wildman–Crippen LogP) is 2.64. The van der Waals surface area contributed by atoms with Gasteiger partial charge in [0.05, 0.1) is 14.2 Å². The summed E-state index contributed by atoms with van der Waals surface area (Å²) >= 11 is 0. The van der Waals surface area contributed by atoms with E-state index in [1.165, 1.54) is 57.4 Å². The highest BCUT2D eigenvalue weighted by Crippen LogP contribution is 2.35. The number of hydrogen-bond acceptors (Lipinski definition) is 4. The fourth-order valence-electron chi connectivity index (χ4n) is 3.88. The van der Waals surface area contributed by atoms with Crippen LogP contribution in [0.3, 0.4) is 0 Å². The standard InChI is InChI=1S/C18H28N2O2/c1-21-17-4-3-15(13-18(17)22-2)14-7-11-20(12-8-14)16-5-9-19-10-6-16/h3-4,13-14,16,19H,5-12H2,1-2H3. The fourth-order valence-corrected chi connectivity index (χ4v) is 3.88. The van der Waals surface area contributed by atoms with E-state index in [4.69, 9.17) is 9.47 Å². The lowest BCUT2D eigenvalue weighted by molar-refractivity contribution is 0.127. The average molecular weight is 304 g/mol. The molecule has 2 aliphatic rings. The molecule has 0 unspecified atom stereocenters. The summed E-state index contributed by atoms with van der Waals surface area (Å²) in [5.74, 6) is 2.32. The van der Waals surface area contributed by atoms with Gasteiger partial charge in [-0.1, -0.05) is 6.07 Å². The van der Waals surface area contributed by atoms with Crippen molar-refractivity contribution in [1.29, 1.82) is 0 Å². The molecule has 2 fully saturated rings. The van der Waals surface area contributed by atoms with E-state index in [9.17, 15) is 0 Å². The molecule has 0 bridgehead atoms. The molecule has 0 radical (unpaired) electrons. The second-order valence-electron chi connectivity index (χ2n) is 6.41. The molecule has 1 N–H and O–H groups in total. The summed E-state index contributed by atoms with van der Waals surface area (Å²) in [6.45, 7) is 4.81. The van der Waals surface area contributed by atoms with Gasteiger partial charge in [-0.25, -0.2) is 0 Å². The minimum absolute atomic E-state index is 0.651. The van der Waals surface area contributed by atoms with Gasteiger partial charge in [-0.05, 0) is 75.5 Å². The number of nitrogens with zero attached hydrogens (tertiary/aromatic N) is 1. The maximum atomic E-state index is 5.44. The Hall–Kier alpha value is -1.26. The van der Waals surface area contributed by atoms with Gasteiger partial charge >= 0.3 is 0 Å². The van der Waals surface area contributed by atoms with Crippen LogP contribution >= 0.6 is 0 Å². The summed E-state index contributed by atoms with van der Waals surface area (Å²) < 4.78 is 10.8. The number of hydrogen-bond donors (Lipinski definition) is 1. The lowest BCUT2D eigenvalue weighted by Crippen LogP contribution is -2.46. The molecular weight excluding hydrogens is 276 g/mol. The van der Waals surface area contributed by atoms with E-state index in [-0.39, 0.29) is 0 Å². The Morgan fingerprint density at radius 2 is 1.64 bits per heavy atom. The van der Waals surface area contributed by atoms with Crippen LogP contribution in [0.1, 0.15) is 37.2 Å². The molecule has 4 nitrogen and oxygen atoms in total. The maximum absolute atomic E-state index is 5.44. The highest BCUT2D eigenvalue weighted by atomic mass is 16.5. The number of nitrogens with one attached hydrogen (secondary N) is 1. The molecule has 2 aliphatic heterocycles. The lowest BCUT2D eigenvalue weighted by atomic mass is 9.88. The molecule has 0 aliphatic carbocycles. The molecule has 0 amide bonds. The van der Waals surface area contributed by atoms with Gasteiger partial charge in [-0.15, -0.1) is 0 Å². The Morgan fingerprint density at radius 1 is 0.955 bits per heavy atom. The van der Waals surface area contributed by atoms with Crippen molar-refractivity contribution in [2.45, 2.75) is 37.6 Å². The van der Waals surface area contributed by atoms with Crippen LogP contribution in [-0.4, -0.2) is 51.3 Å². The first-order valence-electron chi connectivity index (χ1n) is 8.48. The molecule has 0 spiro atoms. The first-order chi connectivity index (χ1) is 10.8. The van der Waals surface area contributed by atoms with Crippen molar-refractivity contribution in [2.75, 3.05) is 40.4 Å². The first-order valence-corrected chi connectivity index (χ1v) is 8.48. The van der Waals surface area contributed by atoms with Crippen molar-refractivity contribution < 1.29 is 9.47 Å². The highest BCUT2D eigenvalue weighted by Gasteiger charge is 2.27. The number of rotatable bonds is 4. The Bertz CT molecular complexity index is 478. The summed E-state index contributed by atoms with van der Waals surface area (Å²) in [6, 6.07) is 7.19. The summed E-state index contributed by atoms with van der Waals surface area (Å²) in [5.41, 5.74) is 1.39. The third-order valence-corrected chi connectivity index (χ3v) is 5.23. The zero-order valence-electron chi connectivity index (χ0n) is 13.8. The quantitative estimate of drug-likeness (QED) is 0.927. The van der Waals surface area contributed by atoms with E-state index in [2.05, 4.69) is 22.3 Å². The maximum Gasteiger partial charge on any atom is 0.160 e. The largest absolute Gasteiger partial charge is 0.493 e. The Kier molecular flexibility index (Phi) is 5.21. The number of piperidine rings is 2. The van der Waals surface area contributed by atoms with E-state index >= 15 is 0 Å². The van der Waals surface area contributed by atoms with E-state index in [0.717, 1.165) is 17.5 Å². The Balaban J connectivity index is 1.61. The van der Waals surface area contributed by atoms with Crippen LogP contribution in [0.15, 0.2) is 18.2 Å². The molecule has 0 saturated carbocycles. The fraction of sp³-hybridized carbons (Fsp3) is 0.667. The zero-order valence-corrected chi connectivity index (χ0v) is 13.8. The Morgan fingerprint density at radius 3 is 2.27 bits per heavy atom. The summed E-state index contributed by atoms with van der Waals surface area (Å²) in [5, 5.41) is 3.46. The lowest BCUT2D eigenvalue weighted by Gasteiger charge is -2.39. The van der Waals surface area contributed by atoms with Gasteiger partial charge in [0.25, 0.3) is 0 Å². The van der Waals surface area contributed by atoms with Crippen LogP contribution in [0.25, 0.3) is 0 Å². The summed E-state index contributed by atoms with van der Waals surface area (Å²) in [7, 11) is 3.40. The SMILES string of the molecule is COc1ccc(C2CCN(C3CCNCC3)CC2)cc1OC. The topological polar surface area (TPSA) is 33.7 Å². The number of likely N-dealkylation sites (tertiary alicyclic amines) is 1. The predicted molar refractivity (Wildman–Crippen MR) is 89.0 cm³/mol. The molecule has 3 rings (SSSR count). The summed E-state index contributed by atoms with van der Waals surface area (Å²) in [6.07, 6.45) is 5.11. The normalized spacial score (nSPS) is 21.7. The second-order valence-corrected chi connectivity index (χ2v) is 6.41. The minimum atomic E-state index is 0.651. The van der Waals surface area contributed by atoms with Crippen LogP contribution in [0.5, 0.6) is 11.5 Å². The molecule has 122 valence electrons. The van der Waals surface area contributed by atoms with Crippen LogP contribution in [-0.2, 0) is 0 Å². The zero-order chi connectivity index (χ0) is 15.4. The van der Waals surface area contributed by atoms with Crippen molar-refractivity contribution in [3.05, 3.63) is 23.8 Å². The number of ether oxygens (including phenoxy) is 2. The molecule has 22 heavy (non-hydrogen) atoms. The minimum Gasteiger partial charge on any atom is -0.493 e. The number of benzene rings is 1. The van der Waals surface area contributed by atoms with Crippen LogP contribution < -0.4 is 14.8 Å². The van der Waals surface area contributed by atoms with Crippen molar-refractivity contribution in [1.82, 2.24) is 10.2 Å². The van der Waals surface area contributed by atoms with Crippen LogP contribution in [0.4, 0.5) is 0 Å². The van der Waals surface area contributed by atoms with Gasteiger partial charge in [0.15, 0.2) is 11.5 Å². The van der Waals surface area contributed by atoms with Gasteiger partial charge in [-0.3, -0.25) is 0 Å². The third-order valence-electron chi connectivity index (χ3n) is 5.23. The average Bonchev–Trinajstić information content (AvgIpc) is 2.62. The third kappa shape index (κ3) is 3.39. The summed E-state index contributed by atoms with van der Waals surface area (Å²) in [4.78, 5) is 2.71. The van der Waals surface area contributed by atoms with Crippen LogP contribution in [0.2, 0.25) is 0 Å². The highest BCUT2D eigenvalue weighted by molar-refractivity contribution is 5.44. The van der Waals surface area contributed by atoms with Gasteiger partial charge in [-0.2, -0.15) is 0 Å². The molecular formula is C18H28N2O2. The van der Waals surface area contributed by atoms with E-state index in [1.807, 2.05) is 6.07 Å². The van der Waals surface area contributed by atoms with Gasteiger partial charge in [0.1, 0.15) is 0 Å². The molecule has 4 heteroatoms. The number of methoxy groups -OCH3 is 2. The second kappa shape index (κ2) is 7.34. The van der Waals surface area contributed by atoms with Crippen LogP contribution in [0, 0.1) is 0 Å². The van der Waals surface area contributed by atoms with Crippen molar-refractivity contribution >= 4 is 0 Å². The van der Waals surface area contributed by atoms with Crippen molar-refractivity contribution in [2.24, 2.45) is 0 Å². The van der Waals surface area contributed by atoms with E-state index in [1.54, 1.807) is 14.2 Å². The Labute approximate surface area is 133 Å². The van der Waals surface area contributed by atoms with E-state index < -0.39 is 0 Å². The molecule has 0 aromatic heterocycles. The van der Waals surface area contributed by atoms with E-state index in [0.29, 0.717) is 5.92 Å². The molecule has 1 aromatic rings. The molecule has 2 saturated heterocycles. The van der Waals surface area contributed by atoms with Gasteiger partial charge in [0, 0.05) is 6.04 Å². The van der Waals surface area contributed by atoms with Gasteiger partial charge < -0.3 is 19.7 Å². The van der Waals surface area contributed by atoms with Crippen molar-refractivity contribution in [3.8, 4) is 11.5 Å². The molecule has 1 aromatic carbocycles. The van der Waals surface area contributed by atoms with Crippen molar-refractivity contribution in [3.63, 3.8) is 0 Å².